The van der Waals surface area contributed by atoms with Crippen molar-refractivity contribution in [3.05, 3.63) is 75.4 Å². The molecule has 0 fully saturated rings. The van der Waals surface area contributed by atoms with Crippen LogP contribution < -0.4 is 5.63 Å². The minimum absolute atomic E-state index is 0.258. The van der Waals surface area contributed by atoms with Crippen LogP contribution in [0.15, 0.2) is 57.7 Å². The van der Waals surface area contributed by atoms with Crippen LogP contribution in [0.25, 0.3) is 23.1 Å². The van der Waals surface area contributed by atoms with Crippen molar-refractivity contribution in [1.29, 1.82) is 0 Å². The molecule has 3 aromatic rings. The molecule has 0 atom stereocenters. The Hall–Kier alpha value is -2.39. The van der Waals surface area contributed by atoms with Crippen LogP contribution in [0.1, 0.15) is 11.5 Å². The molecule has 0 bridgehead atoms. The predicted molar refractivity (Wildman–Crippen MR) is 80.7 cm³/mol. The Morgan fingerprint density at radius 3 is 2.65 bits per heavy atom. The Labute approximate surface area is 120 Å². The van der Waals surface area contributed by atoms with E-state index < -0.39 is 5.63 Å². The molecule has 0 aliphatic carbocycles. The van der Waals surface area contributed by atoms with Crippen LogP contribution in [0.2, 0.25) is 5.02 Å². The maximum Gasteiger partial charge on any atom is 0.347 e. The fraction of sp³-hybridized carbons (Fsp3) is 0. The van der Waals surface area contributed by atoms with E-state index in [1.54, 1.807) is 24.3 Å². The Morgan fingerprint density at radius 2 is 1.85 bits per heavy atom. The van der Waals surface area contributed by atoms with Crippen molar-refractivity contribution in [2.75, 3.05) is 0 Å². The van der Waals surface area contributed by atoms with E-state index in [0.29, 0.717) is 15.9 Å². The average Bonchev–Trinajstić information content (AvgIpc) is 2.46. The number of halogens is 1. The van der Waals surface area contributed by atoms with E-state index in [1.807, 2.05) is 36.4 Å². The molecule has 3 nitrogen and oxygen atoms in total. The number of rotatable bonds is 2. The molecule has 0 saturated carbocycles. The molecule has 0 aliphatic heterocycles. The molecule has 3 rings (SSSR count). The van der Waals surface area contributed by atoms with Gasteiger partial charge in [-0.25, -0.2) is 9.78 Å². The second-order valence-electron chi connectivity index (χ2n) is 4.25. The minimum atomic E-state index is -0.417. The molecule has 0 radical (unpaired) electrons. The largest absolute Gasteiger partial charge is 0.404 e. The van der Waals surface area contributed by atoms with E-state index in [9.17, 15) is 4.79 Å². The standard InChI is InChI=1S/C16H10ClNO2/c17-12-7-8-13-14(10-12)18-15(20-16(13)19)9-6-11-4-2-1-3-5-11/h1-10H. The molecule has 0 saturated heterocycles. The SMILES string of the molecule is O=c1oc(C=Cc2ccccc2)nc2cc(Cl)ccc12. The quantitative estimate of drug-likeness (QED) is 0.713. The van der Waals surface area contributed by atoms with Crippen LogP contribution in [0, 0.1) is 0 Å². The van der Waals surface area contributed by atoms with Crippen molar-refractivity contribution >= 4 is 34.7 Å². The van der Waals surface area contributed by atoms with E-state index in [-0.39, 0.29) is 5.89 Å². The lowest BCUT2D eigenvalue weighted by Gasteiger charge is -1.98. The van der Waals surface area contributed by atoms with Crippen LogP contribution in [0.5, 0.6) is 0 Å². The first-order valence-corrected chi connectivity index (χ1v) is 6.44. The van der Waals surface area contributed by atoms with Gasteiger partial charge in [0.1, 0.15) is 0 Å². The summed E-state index contributed by atoms with van der Waals surface area (Å²) in [6.07, 6.45) is 3.50. The van der Waals surface area contributed by atoms with Gasteiger partial charge in [-0.2, -0.15) is 0 Å². The zero-order chi connectivity index (χ0) is 13.9. The van der Waals surface area contributed by atoms with Gasteiger partial charge in [0.05, 0.1) is 10.9 Å². The van der Waals surface area contributed by atoms with Gasteiger partial charge in [0.2, 0.25) is 5.89 Å². The average molecular weight is 284 g/mol. The molecule has 0 spiro atoms. The maximum atomic E-state index is 11.8. The zero-order valence-electron chi connectivity index (χ0n) is 10.4. The van der Waals surface area contributed by atoms with E-state index >= 15 is 0 Å². The summed E-state index contributed by atoms with van der Waals surface area (Å²) in [6.45, 7) is 0. The van der Waals surface area contributed by atoms with E-state index in [1.165, 1.54) is 0 Å². The zero-order valence-corrected chi connectivity index (χ0v) is 11.2. The first kappa shape index (κ1) is 12.6. The van der Waals surface area contributed by atoms with Crippen molar-refractivity contribution in [2.24, 2.45) is 0 Å². The fourth-order valence-electron chi connectivity index (χ4n) is 1.86. The number of nitrogens with zero attached hydrogens (tertiary/aromatic N) is 1. The molecule has 4 heteroatoms. The number of benzene rings is 2. The Kier molecular flexibility index (Phi) is 3.35. The molecular weight excluding hydrogens is 274 g/mol. The Balaban J connectivity index is 2.05. The van der Waals surface area contributed by atoms with E-state index in [2.05, 4.69) is 4.98 Å². The van der Waals surface area contributed by atoms with Gasteiger partial charge in [0, 0.05) is 11.1 Å². The van der Waals surface area contributed by atoms with Gasteiger partial charge >= 0.3 is 5.63 Å². The predicted octanol–water partition coefficient (Wildman–Crippen LogP) is 4.01. The molecule has 0 aliphatic rings. The molecule has 1 aromatic heterocycles. The molecule has 20 heavy (non-hydrogen) atoms. The summed E-state index contributed by atoms with van der Waals surface area (Å²) in [7, 11) is 0. The topological polar surface area (TPSA) is 43.1 Å². The van der Waals surface area contributed by atoms with Crippen molar-refractivity contribution in [3.63, 3.8) is 0 Å². The van der Waals surface area contributed by atoms with Crippen LogP contribution in [-0.4, -0.2) is 4.98 Å². The number of fused-ring (bicyclic) bond motifs is 1. The number of hydrogen-bond donors (Lipinski definition) is 0. The van der Waals surface area contributed by atoms with Gasteiger partial charge in [-0.3, -0.25) is 0 Å². The van der Waals surface area contributed by atoms with Gasteiger partial charge in [0.25, 0.3) is 0 Å². The van der Waals surface area contributed by atoms with Gasteiger partial charge in [-0.1, -0.05) is 41.9 Å². The third-order valence-corrected chi connectivity index (χ3v) is 3.06. The lowest BCUT2D eigenvalue weighted by atomic mass is 10.2. The summed E-state index contributed by atoms with van der Waals surface area (Å²) in [5.74, 6) is 0.258. The number of hydrogen-bond acceptors (Lipinski definition) is 3. The Morgan fingerprint density at radius 1 is 1.05 bits per heavy atom. The molecule has 98 valence electrons. The first-order valence-electron chi connectivity index (χ1n) is 6.06. The third kappa shape index (κ3) is 2.63. The highest BCUT2D eigenvalue weighted by molar-refractivity contribution is 6.31. The summed E-state index contributed by atoms with van der Waals surface area (Å²) in [5, 5.41) is 0.958. The highest BCUT2D eigenvalue weighted by atomic mass is 35.5. The van der Waals surface area contributed by atoms with Crippen LogP contribution in [0.4, 0.5) is 0 Å². The Bertz CT molecular complexity index is 838. The van der Waals surface area contributed by atoms with Crippen molar-refractivity contribution in [3.8, 4) is 0 Å². The summed E-state index contributed by atoms with van der Waals surface area (Å²) < 4.78 is 5.16. The second-order valence-corrected chi connectivity index (χ2v) is 4.68. The lowest BCUT2D eigenvalue weighted by molar-refractivity contribution is 0.491. The van der Waals surface area contributed by atoms with Gasteiger partial charge < -0.3 is 4.42 Å². The smallest absolute Gasteiger partial charge is 0.347 e. The summed E-state index contributed by atoms with van der Waals surface area (Å²) in [4.78, 5) is 16.1. The molecule has 0 unspecified atom stereocenters. The highest BCUT2D eigenvalue weighted by Gasteiger charge is 2.04. The van der Waals surface area contributed by atoms with Crippen molar-refractivity contribution in [1.82, 2.24) is 4.98 Å². The molecule has 0 amide bonds. The summed E-state index contributed by atoms with van der Waals surface area (Å²) in [5.41, 5.74) is 1.11. The maximum absolute atomic E-state index is 11.8. The van der Waals surface area contributed by atoms with Crippen molar-refractivity contribution in [2.45, 2.75) is 0 Å². The molecule has 0 N–H and O–H groups in total. The highest BCUT2D eigenvalue weighted by Crippen LogP contribution is 2.16. The van der Waals surface area contributed by atoms with Crippen LogP contribution in [0.3, 0.4) is 0 Å². The van der Waals surface area contributed by atoms with Gasteiger partial charge in [0.15, 0.2) is 0 Å². The molecular formula is C16H10ClNO2. The molecule has 1 heterocycles. The summed E-state index contributed by atoms with van der Waals surface area (Å²) >= 11 is 5.91. The number of aromatic nitrogens is 1. The van der Waals surface area contributed by atoms with Gasteiger partial charge in [-0.05, 0) is 29.8 Å². The van der Waals surface area contributed by atoms with Crippen LogP contribution >= 0.6 is 11.6 Å². The third-order valence-electron chi connectivity index (χ3n) is 2.83. The van der Waals surface area contributed by atoms with Gasteiger partial charge in [-0.15, -0.1) is 0 Å². The second kappa shape index (κ2) is 5.31. The van der Waals surface area contributed by atoms with Crippen molar-refractivity contribution < 1.29 is 4.42 Å². The normalized spacial score (nSPS) is 11.2. The fourth-order valence-corrected chi connectivity index (χ4v) is 2.03. The lowest BCUT2D eigenvalue weighted by Crippen LogP contribution is -2.02. The molecule has 2 aromatic carbocycles. The summed E-state index contributed by atoms with van der Waals surface area (Å²) in [6, 6.07) is 14.6. The van der Waals surface area contributed by atoms with E-state index in [4.69, 9.17) is 16.0 Å². The first-order chi connectivity index (χ1) is 9.72. The van der Waals surface area contributed by atoms with Crippen LogP contribution in [-0.2, 0) is 0 Å². The van der Waals surface area contributed by atoms with E-state index in [0.717, 1.165) is 5.56 Å². The minimum Gasteiger partial charge on any atom is -0.404 e. The monoisotopic (exact) mass is 283 g/mol.